The van der Waals surface area contributed by atoms with Gasteiger partial charge in [-0.2, -0.15) is 4.31 Å². The molecule has 4 aromatic rings. The number of hydrogen-bond acceptors (Lipinski definition) is 5. The van der Waals surface area contributed by atoms with Crippen molar-refractivity contribution in [3.8, 4) is 0 Å². The maximum Gasteiger partial charge on any atom is 0.243 e. The number of nitrogens with one attached hydrogen (secondary N) is 1. The lowest BCUT2D eigenvalue weighted by atomic mass is 10.0. The van der Waals surface area contributed by atoms with Crippen LogP contribution in [0.4, 0.5) is 0 Å². The van der Waals surface area contributed by atoms with Crippen LogP contribution in [0.2, 0.25) is 0 Å². The predicted octanol–water partition coefficient (Wildman–Crippen LogP) is 4.08. The SMILES string of the molecule is Cc1ccc(S(=O)(=O)N(CC(=O)NC(c2ccccc2)c2ccccn2)Cc2ccco2)cc1. The van der Waals surface area contributed by atoms with E-state index in [4.69, 9.17) is 4.42 Å². The van der Waals surface area contributed by atoms with E-state index >= 15 is 0 Å². The Morgan fingerprint density at radius 1 is 0.971 bits per heavy atom. The number of hydrogen-bond donors (Lipinski definition) is 1. The van der Waals surface area contributed by atoms with Gasteiger partial charge in [-0.1, -0.05) is 54.1 Å². The molecule has 0 aliphatic carbocycles. The van der Waals surface area contributed by atoms with Gasteiger partial charge >= 0.3 is 0 Å². The van der Waals surface area contributed by atoms with Crippen LogP contribution < -0.4 is 5.32 Å². The molecule has 0 bridgehead atoms. The number of aromatic nitrogens is 1. The first-order valence-corrected chi connectivity index (χ1v) is 12.2. The Kier molecular flexibility index (Phi) is 7.20. The summed E-state index contributed by atoms with van der Waals surface area (Å²) in [5, 5.41) is 2.95. The molecular weight excluding hydrogens is 450 g/mol. The molecule has 2 aromatic heterocycles. The van der Waals surface area contributed by atoms with Crippen molar-refractivity contribution in [1.29, 1.82) is 0 Å². The Labute approximate surface area is 199 Å². The summed E-state index contributed by atoms with van der Waals surface area (Å²) < 4.78 is 33.3. The predicted molar refractivity (Wildman–Crippen MR) is 128 cm³/mol. The molecule has 174 valence electrons. The first-order chi connectivity index (χ1) is 16.4. The second-order valence-electron chi connectivity index (χ2n) is 7.83. The molecule has 34 heavy (non-hydrogen) atoms. The van der Waals surface area contributed by atoms with Crippen LogP contribution in [0.25, 0.3) is 0 Å². The summed E-state index contributed by atoms with van der Waals surface area (Å²) in [5.41, 5.74) is 2.44. The van der Waals surface area contributed by atoms with Crippen molar-refractivity contribution < 1.29 is 17.6 Å². The fraction of sp³-hybridized carbons (Fsp3) is 0.154. The average molecular weight is 476 g/mol. The molecule has 1 amide bonds. The number of carbonyl (C=O) groups excluding carboxylic acids is 1. The molecule has 0 radical (unpaired) electrons. The van der Waals surface area contributed by atoms with Gasteiger partial charge in [-0.15, -0.1) is 0 Å². The highest BCUT2D eigenvalue weighted by atomic mass is 32.2. The van der Waals surface area contributed by atoms with E-state index in [1.165, 1.54) is 6.26 Å². The molecule has 0 aliphatic heterocycles. The van der Waals surface area contributed by atoms with Gasteiger partial charge in [-0.3, -0.25) is 9.78 Å². The minimum absolute atomic E-state index is 0.0732. The lowest BCUT2D eigenvalue weighted by molar-refractivity contribution is -0.121. The molecule has 0 saturated carbocycles. The zero-order valence-corrected chi connectivity index (χ0v) is 19.5. The van der Waals surface area contributed by atoms with E-state index in [0.717, 1.165) is 15.4 Å². The van der Waals surface area contributed by atoms with Gasteiger partial charge in [0.2, 0.25) is 15.9 Å². The van der Waals surface area contributed by atoms with Gasteiger partial charge < -0.3 is 9.73 Å². The van der Waals surface area contributed by atoms with Gasteiger partial charge in [0.05, 0.1) is 36.0 Å². The number of carbonyl (C=O) groups is 1. The Balaban J connectivity index is 1.61. The Morgan fingerprint density at radius 3 is 2.35 bits per heavy atom. The van der Waals surface area contributed by atoms with E-state index in [0.29, 0.717) is 11.5 Å². The summed E-state index contributed by atoms with van der Waals surface area (Å²) in [7, 11) is -3.96. The van der Waals surface area contributed by atoms with E-state index in [1.54, 1.807) is 48.7 Å². The van der Waals surface area contributed by atoms with Crippen LogP contribution in [0.3, 0.4) is 0 Å². The zero-order valence-electron chi connectivity index (χ0n) is 18.7. The minimum atomic E-state index is -3.96. The molecule has 0 spiro atoms. The van der Waals surface area contributed by atoms with Crippen molar-refractivity contribution >= 4 is 15.9 Å². The van der Waals surface area contributed by atoms with Crippen LogP contribution in [0.15, 0.2) is 107 Å². The van der Waals surface area contributed by atoms with Crippen molar-refractivity contribution in [2.24, 2.45) is 0 Å². The fourth-order valence-corrected chi connectivity index (χ4v) is 4.91. The van der Waals surface area contributed by atoms with Crippen molar-refractivity contribution in [2.45, 2.75) is 24.4 Å². The monoisotopic (exact) mass is 475 g/mol. The number of sulfonamides is 1. The lowest BCUT2D eigenvalue weighted by Crippen LogP contribution is -2.41. The van der Waals surface area contributed by atoms with Crippen LogP contribution in [-0.2, 0) is 21.4 Å². The quantitative estimate of drug-likeness (QED) is 0.394. The number of nitrogens with zero attached hydrogens (tertiary/aromatic N) is 2. The third kappa shape index (κ3) is 5.59. The van der Waals surface area contributed by atoms with Gasteiger partial charge in [-0.05, 0) is 48.9 Å². The normalized spacial score (nSPS) is 12.4. The molecule has 1 N–H and O–H groups in total. The van der Waals surface area contributed by atoms with Crippen molar-refractivity contribution in [3.63, 3.8) is 0 Å². The van der Waals surface area contributed by atoms with Crippen LogP contribution >= 0.6 is 0 Å². The highest BCUT2D eigenvalue weighted by Crippen LogP contribution is 2.22. The maximum atomic E-state index is 13.4. The molecule has 0 fully saturated rings. The van der Waals surface area contributed by atoms with Crippen LogP contribution in [0.5, 0.6) is 0 Å². The van der Waals surface area contributed by atoms with Gasteiger partial charge in [0.25, 0.3) is 0 Å². The van der Waals surface area contributed by atoms with Crippen molar-refractivity contribution in [2.75, 3.05) is 6.54 Å². The summed E-state index contributed by atoms with van der Waals surface area (Å²) in [5.74, 6) is -0.0189. The average Bonchev–Trinajstić information content (AvgIpc) is 3.37. The number of furan rings is 1. The third-order valence-electron chi connectivity index (χ3n) is 5.31. The second-order valence-corrected chi connectivity index (χ2v) is 9.77. The molecular formula is C26H25N3O4S. The van der Waals surface area contributed by atoms with E-state index in [2.05, 4.69) is 10.3 Å². The Hall–Kier alpha value is -3.75. The Morgan fingerprint density at radius 2 is 1.71 bits per heavy atom. The van der Waals surface area contributed by atoms with E-state index in [-0.39, 0.29) is 18.0 Å². The fourth-order valence-electron chi connectivity index (χ4n) is 3.55. The van der Waals surface area contributed by atoms with E-state index < -0.39 is 22.0 Å². The van der Waals surface area contributed by atoms with Gasteiger partial charge in [0, 0.05) is 6.20 Å². The largest absolute Gasteiger partial charge is 0.468 e. The first-order valence-electron chi connectivity index (χ1n) is 10.8. The van der Waals surface area contributed by atoms with E-state index in [1.807, 2.05) is 49.4 Å². The van der Waals surface area contributed by atoms with E-state index in [9.17, 15) is 13.2 Å². The molecule has 2 heterocycles. The molecule has 8 heteroatoms. The number of rotatable bonds is 9. The van der Waals surface area contributed by atoms with Crippen LogP contribution in [0.1, 0.15) is 28.6 Å². The molecule has 4 rings (SSSR count). The minimum Gasteiger partial charge on any atom is -0.468 e. The Bertz CT molecular complexity index is 1270. The van der Waals surface area contributed by atoms with Crippen LogP contribution in [-0.4, -0.2) is 30.2 Å². The topological polar surface area (TPSA) is 92.5 Å². The molecule has 0 aliphatic rings. The van der Waals surface area contributed by atoms with Crippen molar-refractivity contribution in [3.05, 3.63) is 120 Å². The molecule has 2 aromatic carbocycles. The van der Waals surface area contributed by atoms with Crippen LogP contribution in [0, 0.1) is 6.92 Å². The molecule has 0 saturated heterocycles. The summed E-state index contributed by atoms with van der Waals surface area (Å²) in [6.45, 7) is 1.43. The third-order valence-corrected chi connectivity index (χ3v) is 7.12. The summed E-state index contributed by atoms with van der Waals surface area (Å²) in [6.07, 6.45) is 3.13. The second kappa shape index (κ2) is 10.5. The molecule has 7 nitrogen and oxygen atoms in total. The summed E-state index contributed by atoms with van der Waals surface area (Å²) in [6, 6.07) is 24.3. The molecule has 1 atom stereocenters. The number of pyridine rings is 1. The molecule has 1 unspecified atom stereocenters. The highest BCUT2D eigenvalue weighted by molar-refractivity contribution is 7.89. The smallest absolute Gasteiger partial charge is 0.243 e. The van der Waals surface area contributed by atoms with Gasteiger partial charge in [-0.25, -0.2) is 8.42 Å². The lowest BCUT2D eigenvalue weighted by Gasteiger charge is -2.24. The summed E-state index contributed by atoms with van der Waals surface area (Å²) >= 11 is 0. The number of aryl methyl sites for hydroxylation is 1. The number of benzene rings is 2. The maximum absolute atomic E-state index is 13.4. The first kappa shape index (κ1) is 23.4. The summed E-state index contributed by atoms with van der Waals surface area (Å²) in [4.78, 5) is 17.7. The number of amides is 1. The highest BCUT2D eigenvalue weighted by Gasteiger charge is 2.29. The van der Waals surface area contributed by atoms with Crippen molar-refractivity contribution in [1.82, 2.24) is 14.6 Å². The van der Waals surface area contributed by atoms with Gasteiger partial charge in [0.1, 0.15) is 5.76 Å². The van der Waals surface area contributed by atoms with Gasteiger partial charge in [0.15, 0.2) is 0 Å². The standard InChI is InChI=1S/C26H25N3O4S/c1-20-12-14-23(15-13-20)34(31,32)29(18-22-10-7-17-33-22)19-25(30)28-26(21-8-3-2-4-9-21)24-11-5-6-16-27-24/h2-17,26H,18-19H2,1H3,(H,28,30). The zero-order chi connectivity index (χ0) is 24.0.